The Hall–Kier alpha value is -2.87. The molecule has 146 valence electrons. The number of sulfonamides is 1. The maximum absolute atomic E-state index is 13.0. The number of ether oxygens (including phenoxy) is 1. The van der Waals surface area contributed by atoms with Gasteiger partial charge in [0.1, 0.15) is 24.2 Å². The van der Waals surface area contributed by atoms with Gasteiger partial charge in [0.05, 0.1) is 10.9 Å². The van der Waals surface area contributed by atoms with E-state index in [4.69, 9.17) is 4.74 Å². The number of fused-ring (bicyclic) bond motifs is 2. The highest BCUT2D eigenvalue weighted by molar-refractivity contribution is 7.90. The Bertz CT molecular complexity index is 1060. The molecule has 2 aliphatic rings. The van der Waals surface area contributed by atoms with Crippen LogP contribution in [0.4, 0.5) is 0 Å². The average molecular weight is 399 g/mol. The molecule has 0 saturated carbocycles. The molecule has 0 aromatic heterocycles. The highest BCUT2D eigenvalue weighted by atomic mass is 32.2. The van der Waals surface area contributed by atoms with Crippen LogP contribution in [0.1, 0.15) is 31.0 Å². The Balaban J connectivity index is 1.61. The van der Waals surface area contributed by atoms with Crippen LogP contribution in [0.3, 0.4) is 0 Å². The number of carbonyl (C=O) groups is 1. The zero-order valence-corrected chi connectivity index (χ0v) is 16.4. The summed E-state index contributed by atoms with van der Waals surface area (Å²) in [6, 6.07) is 13.2. The molecule has 28 heavy (non-hydrogen) atoms. The summed E-state index contributed by atoms with van der Waals surface area (Å²) >= 11 is 0. The van der Waals surface area contributed by atoms with Gasteiger partial charge >= 0.3 is 0 Å². The van der Waals surface area contributed by atoms with Gasteiger partial charge in [-0.15, -0.1) is 0 Å². The molecule has 0 saturated heterocycles. The lowest BCUT2D eigenvalue weighted by Crippen LogP contribution is -2.40. The molecule has 7 nitrogen and oxygen atoms in total. The van der Waals surface area contributed by atoms with E-state index in [1.807, 2.05) is 38.1 Å². The number of carbonyl (C=O) groups excluding carboxylic acids is 1. The van der Waals surface area contributed by atoms with Gasteiger partial charge in [0.25, 0.3) is 10.0 Å². The van der Waals surface area contributed by atoms with Crippen LogP contribution < -0.4 is 14.8 Å². The van der Waals surface area contributed by atoms with Crippen molar-refractivity contribution in [1.82, 2.24) is 10.0 Å². The van der Waals surface area contributed by atoms with E-state index in [-0.39, 0.29) is 28.6 Å². The predicted molar refractivity (Wildman–Crippen MR) is 105 cm³/mol. The van der Waals surface area contributed by atoms with Crippen LogP contribution in [-0.2, 0) is 14.8 Å². The fraction of sp³-hybridized carbons (Fsp3) is 0.300. The minimum Gasteiger partial charge on any atom is -0.491 e. The second kappa shape index (κ2) is 6.94. The van der Waals surface area contributed by atoms with Gasteiger partial charge in [0, 0.05) is 11.1 Å². The maximum atomic E-state index is 13.0. The quantitative estimate of drug-likeness (QED) is 0.822. The van der Waals surface area contributed by atoms with Crippen molar-refractivity contribution in [2.45, 2.75) is 30.8 Å². The van der Waals surface area contributed by atoms with E-state index in [1.54, 1.807) is 18.2 Å². The van der Waals surface area contributed by atoms with Crippen molar-refractivity contribution in [1.29, 1.82) is 0 Å². The summed E-state index contributed by atoms with van der Waals surface area (Å²) in [4.78, 5) is 17.6. The molecule has 2 atom stereocenters. The van der Waals surface area contributed by atoms with E-state index in [0.29, 0.717) is 12.2 Å². The van der Waals surface area contributed by atoms with Crippen LogP contribution in [0.15, 0.2) is 58.4 Å². The second-order valence-electron chi connectivity index (χ2n) is 7.18. The van der Waals surface area contributed by atoms with Crippen LogP contribution in [0.25, 0.3) is 0 Å². The zero-order chi connectivity index (χ0) is 19.9. The van der Waals surface area contributed by atoms with Gasteiger partial charge in [-0.3, -0.25) is 14.5 Å². The van der Waals surface area contributed by atoms with Crippen LogP contribution in [-0.4, -0.2) is 32.8 Å². The Kier molecular flexibility index (Phi) is 4.58. The molecule has 2 heterocycles. The molecule has 0 aliphatic carbocycles. The molecule has 4 rings (SSSR count). The predicted octanol–water partition coefficient (Wildman–Crippen LogP) is 2.00. The van der Waals surface area contributed by atoms with Gasteiger partial charge in [0.15, 0.2) is 0 Å². The molecular formula is C20H21N3O4S. The first-order valence-electron chi connectivity index (χ1n) is 9.09. The summed E-state index contributed by atoms with van der Waals surface area (Å²) in [5.74, 6) is 0.573. The molecule has 1 unspecified atom stereocenters. The molecule has 2 aromatic carbocycles. The molecule has 0 spiro atoms. The number of nitrogens with one attached hydrogen (secondary N) is 2. The number of aliphatic imine (C=N–C) groups is 1. The van der Waals surface area contributed by atoms with Crippen molar-refractivity contribution >= 4 is 21.8 Å². The lowest BCUT2D eigenvalue weighted by Gasteiger charge is -2.20. The van der Waals surface area contributed by atoms with Crippen molar-refractivity contribution in [3.63, 3.8) is 0 Å². The molecule has 2 aromatic rings. The third kappa shape index (κ3) is 3.24. The maximum Gasteiger partial charge on any atom is 0.263 e. The van der Waals surface area contributed by atoms with Crippen LogP contribution in [0.2, 0.25) is 0 Å². The van der Waals surface area contributed by atoms with Gasteiger partial charge in [-0.05, 0) is 24.1 Å². The summed E-state index contributed by atoms with van der Waals surface area (Å²) < 4.78 is 32.7. The minimum absolute atomic E-state index is 0.123. The van der Waals surface area contributed by atoms with E-state index in [2.05, 4.69) is 15.0 Å². The summed E-state index contributed by atoms with van der Waals surface area (Å²) in [6.07, 6.45) is 0. The molecular weight excluding hydrogens is 378 g/mol. The third-order valence-corrected chi connectivity index (χ3v) is 6.24. The Morgan fingerprint density at radius 3 is 2.68 bits per heavy atom. The highest BCUT2D eigenvalue weighted by Gasteiger charge is 2.34. The first kappa shape index (κ1) is 18.5. The van der Waals surface area contributed by atoms with E-state index < -0.39 is 16.1 Å². The summed E-state index contributed by atoms with van der Waals surface area (Å²) in [6.45, 7) is 4.12. The lowest BCUT2D eigenvalue weighted by atomic mass is 10.0. The van der Waals surface area contributed by atoms with Crippen molar-refractivity contribution in [3.05, 3.63) is 59.7 Å². The molecule has 8 heteroatoms. The fourth-order valence-corrected chi connectivity index (χ4v) is 4.66. The topological polar surface area (TPSA) is 96.9 Å². The van der Waals surface area contributed by atoms with E-state index >= 15 is 0 Å². The first-order chi connectivity index (χ1) is 13.4. The van der Waals surface area contributed by atoms with Crippen LogP contribution in [0.5, 0.6) is 5.75 Å². The number of amidine groups is 1. The standard InChI is InChI=1S/C20H21N3O4S/c1-12(2)18(20(24)21-15-11-27-16-9-5-3-7-13(15)16)22-19-14-8-4-6-10-17(14)28(25,26)23-19/h3-10,12,15,18H,11H2,1-2H3,(H,21,24)(H,22,23)/t15?,18-/m0/s1. The summed E-state index contributed by atoms with van der Waals surface area (Å²) in [5, 5.41) is 2.99. The number of nitrogens with zero attached hydrogens (tertiary/aromatic N) is 1. The number of para-hydroxylation sites is 1. The van der Waals surface area contributed by atoms with Crippen molar-refractivity contribution < 1.29 is 17.9 Å². The Morgan fingerprint density at radius 2 is 1.89 bits per heavy atom. The SMILES string of the molecule is CC(C)[C@H](N=C1NS(=O)(=O)c2ccccc21)C(=O)NC1COc2ccccc21. The van der Waals surface area contributed by atoms with Gasteiger partial charge in [-0.1, -0.05) is 44.2 Å². The molecule has 0 radical (unpaired) electrons. The monoisotopic (exact) mass is 399 g/mol. The Labute approximate surface area is 163 Å². The molecule has 2 N–H and O–H groups in total. The normalized spacial score (nSPS) is 21.5. The minimum atomic E-state index is -3.65. The highest BCUT2D eigenvalue weighted by Crippen LogP contribution is 2.32. The Morgan fingerprint density at radius 1 is 1.18 bits per heavy atom. The number of amides is 1. The average Bonchev–Trinajstić information content (AvgIpc) is 3.18. The van der Waals surface area contributed by atoms with E-state index in [0.717, 1.165) is 11.3 Å². The third-order valence-electron chi connectivity index (χ3n) is 4.85. The van der Waals surface area contributed by atoms with Gasteiger partial charge < -0.3 is 10.1 Å². The molecule has 2 aliphatic heterocycles. The lowest BCUT2D eigenvalue weighted by molar-refractivity contribution is -0.124. The van der Waals surface area contributed by atoms with Gasteiger partial charge in [0.2, 0.25) is 5.91 Å². The van der Waals surface area contributed by atoms with Gasteiger partial charge in [-0.25, -0.2) is 8.42 Å². The number of hydrogen-bond acceptors (Lipinski definition) is 5. The number of benzene rings is 2. The van der Waals surface area contributed by atoms with Crippen molar-refractivity contribution in [3.8, 4) is 5.75 Å². The number of hydrogen-bond donors (Lipinski definition) is 2. The molecule has 1 amide bonds. The summed E-state index contributed by atoms with van der Waals surface area (Å²) in [7, 11) is -3.65. The smallest absolute Gasteiger partial charge is 0.263 e. The van der Waals surface area contributed by atoms with Crippen LogP contribution in [0, 0.1) is 5.92 Å². The molecule has 0 fully saturated rings. The largest absolute Gasteiger partial charge is 0.491 e. The van der Waals surface area contributed by atoms with Crippen molar-refractivity contribution in [2.24, 2.45) is 10.9 Å². The zero-order valence-electron chi connectivity index (χ0n) is 15.5. The molecule has 0 bridgehead atoms. The fourth-order valence-electron chi connectivity index (χ4n) is 3.42. The van der Waals surface area contributed by atoms with Crippen LogP contribution >= 0.6 is 0 Å². The van der Waals surface area contributed by atoms with E-state index in [1.165, 1.54) is 6.07 Å². The summed E-state index contributed by atoms with van der Waals surface area (Å²) in [5.41, 5.74) is 1.41. The van der Waals surface area contributed by atoms with Crippen molar-refractivity contribution in [2.75, 3.05) is 6.61 Å². The van der Waals surface area contributed by atoms with E-state index in [9.17, 15) is 13.2 Å². The first-order valence-corrected chi connectivity index (χ1v) is 10.6. The number of rotatable bonds is 4. The van der Waals surface area contributed by atoms with Gasteiger partial charge in [-0.2, -0.15) is 0 Å². The second-order valence-corrected chi connectivity index (χ2v) is 8.83.